The van der Waals surface area contributed by atoms with E-state index in [1.54, 1.807) is 18.0 Å². The van der Waals surface area contributed by atoms with Gasteiger partial charge in [-0.3, -0.25) is 4.79 Å². The molecule has 0 aliphatic heterocycles. The molecule has 0 bridgehead atoms. The first-order valence-electron chi connectivity index (χ1n) is 7.45. The van der Waals surface area contributed by atoms with Gasteiger partial charge >= 0.3 is 0 Å². The molecule has 3 aromatic rings. The lowest BCUT2D eigenvalue weighted by Gasteiger charge is -2.11. The maximum atomic E-state index is 12.5. The Morgan fingerprint density at radius 3 is 2.62 bits per heavy atom. The lowest BCUT2D eigenvalue weighted by atomic mass is 10.3. The molecule has 2 aromatic heterocycles. The van der Waals surface area contributed by atoms with Gasteiger partial charge in [0.1, 0.15) is 5.56 Å². The number of amides is 1. The van der Waals surface area contributed by atoms with Crippen molar-refractivity contribution in [3.63, 3.8) is 0 Å². The maximum absolute atomic E-state index is 12.5. The Morgan fingerprint density at radius 2 is 1.96 bits per heavy atom. The van der Waals surface area contributed by atoms with E-state index in [1.165, 1.54) is 0 Å². The quantitative estimate of drug-likeness (QED) is 0.660. The lowest BCUT2D eigenvalue weighted by Crippen LogP contribution is -2.27. The molecule has 3 rings (SSSR count). The number of halogens is 1. The van der Waals surface area contributed by atoms with Crippen LogP contribution in [0.5, 0.6) is 0 Å². The fourth-order valence-electron chi connectivity index (χ4n) is 2.36. The van der Waals surface area contributed by atoms with Gasteiger partial charge in [-0.2, -0.15) is 5.10 Å². The van der Waals surface area contributed by atoms with Crippen LogP contribution < -0.4 is 5.32 Å². The summed E-state index contributed by atoms with van der Waals surface area (Å²) in [4.78, 5) is 12.5. The van der Waals surface area contributed by atoms with E-state index in [0.717, 1.165) is 10.2 Å². The van der Waals surface area contributed by atoms with E-state index in [2.05, 4.69) is 26.3 Å². The highest BCUT2D eigenvalue weighted by molar-refractivity contribution is 9.10. The molecule has 24 heavy (non-hydrogen) atoms. The summed E-state index contributed by atoms with van der Waals surface area (Å²) in [5.41, 5.74) is 1.38. The number of carbonyl (C=O) groups excluding carboxylic acids is 1. The lowest BCUT2D eigenvalue weighted by molar-refractivity contribution is 0.0937. The maximum Gasteiger partial charge on any atom is 0.256 e. The minimum Gasteiger partial charge on any atom is -0.383 e. The number of nitrogens with one attached hydrogen (secondary N) is 1. The average molecular weight is 389 g/mol. The summed E-state index contributed by atoms with van der Waals surface area (Å²) in [6, 6.07) is 11.6. The topological polar surface area (TPSA) is 61.1 Å². The molecule has 7 heteroatoms. The zero-order valence-corrected chi connectivity index (χ0v) is 14.7. The summed E-state index contributed by atoms with van der Waals surface area (Å²) >= 11 is 3.43. The number of ether oxygens (including phenoxy) is 1. The first-order chi connectivity index (χ1) is 11.7. The second kappa shape index (κ2) is 7.46. The van der Waals surface area contributed by atoms with Crippen LogP contribution in [0.25, 0.3) is 11.5 Å². The second-order valence-corrected chi connectivity index (χ2v) is 6.02. The van der Waals surface area contributed by atoms with Crippen LogP contribution in [0.15, 0.2) is 59.5 Å². The molecule has 0 aliphatic carbocycles. The first kappa shape index (κ1) is 16.5. The molecule has 0 radical (unpaired) electrons. The average Bonchev–Trinajstić information content (AvgIpc) is 3.24. The van der Waals surface area contributed by atoms with E-state index < -0.39 is 0 Å². The van der Waals surface area contributed by atoms with Crippen LogP contribution in [0.4, 0.5) is 0 Å². The van der Waals surface area contributed by atoms with E-state index in [1.807, 2.05) is 53.4 Å². The van der Waals surface area contributed by atoms with Crippen LogP contribution in [0, 0.1) is 0 Å². The minimum atomic E-state index is -0.181. The minimum absolute atomic E-state index is 0.181. The predicted molar refractivity (Wildman–Crippen MR) is 94.8 cm³/mol. The molecular formula is C17H17BrN4O2. The van der Waals surface area contributed by atoms with Gasteiger partial charge in [0.05, 0.1) is 18.5 Å². The van der Waals surface area contributed by atoms with Crippen LogP contribution in [0.1, 0.15) is 10.4 Å². The molecule has 0 spiro atoms. The third kappa shape index (κ3) is 3.42. The summed E-state index contributed by atoms with van der Waals surface area (Å²) in [6.07, 6.45) is 5.36. The highest BCUT2D eigenvalue weighted by atomic mass is 79.9. The third-order valence-corrected chi connectivity index (χ3v) is 4.03. The summed E-state index contributed by atoms with van der Waals surface area (Å²) in [5.74, 6) is 0.511. The Kier molecular flexibility index (Phi) is 5.12. The monoisotopic (exact) mass is 388 g/mol. The number of aromatic nitrogens is 3. The molecule has 1 N–H and O–H groups in total. The van der Waals surface area contributed by atoms with Crippen LogP contribution in [-0.2, 0) is 4.74 Å². The van der Waals surface area contributed by atoms with E-state index in [0.29, 0.717) is 24.5 Å². The number of carbonyl (C=O) groups is 1. The molecule has 0 unspecified atom stereocenters. The van der Waals surface area contributed by atoms with Crippen molar-refractivity contribution in [2.45, 2.75) is 0 Å². The van der Waals surface area contributed by atoms with Crippen molar-refractivity contribution in [3.05, 3.63) is 65.0 Å². The molecular weight excluding hydrogens is 372 g/mol. The largest absolute Gasteiger partial charge is 0.383 e. The van der Waals surface area contributed by atoms with Crippen LogP contribution >= 0.6 is 15.9 Å². The van der Waals surface area contributed by atoms with Gasteiger partial charge in [0.15, 0.2) is 5.82 Å². The zero-order chi connectivity index (χ0) is 16.9. The Hall–Kier alpha value is -2.38. The highest BCUT2D eigenvalue weighted by Crippen LogP contribution is 2.21. The van der Waals surface area contributed by atoms with Crippen molar-refractivity contribution >= 4 is 21.8 Å². The fraction of sp³-hybridized carbons (Fsp3) is 0.176. The molecule has 2 heterocycles. The van der Waals surface area contributed by atoms with Crippen LogP contribution in [0.2, 0.25) is 0 Å². The van der Waals surface area contributed by atoms with E-state index in [4.69, 9.17) is 4.74 Å². The molecule has 124 valence electrons. The van der Waals surface area contributed by atoms with Gasteiger partial charge in [0.25, 0.3) is 5.91 Å². The van der Waals surface area contributed by atoms with Crippen LogP contribution in [-0.4, -0.2) is 40.5 Å². The van der Waals surface area contributed by atoms with Crippen LogP contribution in [0.3, 0.4) is 0 Å². The van der Waals surface area contributed by atoms with Crippen molar-refractivity contribution in [1.29, 1.82) is 0 Å². The molecule has 0 atom stereocenters. The number of hydrogen-bond donors (Lipinski definition) is 1. The van der Waals surface area contributed by atoms with Crippen molar-refractivity contribution in [3.8, 4) is 11.5 Å². The number of methoxy groups -OCH3 is 1. The SMILES string of the molecule is COCCNC(=O)c1cnn(-c2ccc(Br)cc2)c1-n1cccc1. The van der Waals surface area contributed by atoms with Gasteiger partial charge in [-0.05, 0) is 36.4 Å². The van der Waals surface area contributed by atoms with Gasteiger partial charge in [-0.15, -0.1) is 0 Å². The molecule has 6 nitrogen and oxygen atoms in total. The van der Waals surface area contributed by atoms with Gasteiger partial charge in [-0.25, -0.2) is 4.68 Å². The van der Waals surface area contributed by atoms with Gasteiger partial charge in [0.2, 0.25) is 0 Å². The number of hydrogen-bond acceptors (Lipinski definition) is 3. The van der Waals surface area contributed by atoms with E-state index in [9.17, 15) is 4.79 Å². The van der Waals surface area contributed by atoms with Crippen molar-refractivity contribution < 1.29 is 9.53 Å². The van der Waals surface area contributed by atoms with Crippen molar-refractivity contribution in [2.75, 3.05) is 20.3 Å². The van der Waals surface area contributed by atoms with E-state index in [-0.39, 0.29) is 5.91 Å². The molecule has 1 aromatic carbocycles. The Balaban J connectivity index is 2.01. The molecule has 0 aliphatic rings. The summed E-state index contributed by atoms with van der Waals surface area (Å²) in [6.45, 7) is 0.912. The summed E-state index contributed by atoms with van der Waals surface area (Å²) in [5, 5.41) is 7.25. The Labute approximate surface area is 148 Å². The number of benzene rings is 1. The predicted octanol–water partition coefficient (Wildman–Crippen LogP) is 2.80. The molecule has 0 fully saturated rings. The smallest absolute Gasteiger partial charge is 0.256 e. The standard InChI is InChI=1S/C17H17BrN4O2/c1-24-11-8-19-16(23)15-12-20-22(14-6-4-13(18)5-7-14)17(15)21-9-2-3-10-21/h2-7,9-10,12H,8,11H2,1H3,(H,19,23). The van der Waals surface area contributed by atoms with Gasteiger partial charge in [0, 0.05) is 30.5 Å². The van der Waals surface area contributed by atoms with Crippen molar-refractivity contribution in [1.82, 2.24) is 19.7 Å². The fourth-order valence-corrected chi connectivity index (χ4v) is 2.62. The van der Waals surface area contributed by atoms with Gasteiger partial charge < -0.3 is 14.6 Å². The third-order valence-electron chi connectivity index (χ3n) is 3.50. The zero-order valence-electron chi connectivity index (χ0n) is 13.1. The Bertz CT molecular complexity index is 810. The summed E-state index contributed by atoms with van der Waals surface area (Å²) < 4.78 is 9.58. The van der Waals surface area contributed by atoms with E-state index >= 15 is 0 Å². The molecule has 0 saturated carbocycles. The number of nitrogens with zero attached hydrogens (tertiary/aromatic N) is 3. The second-order valence-electron chi connectivity index (χ2n) is 5.11. The van der Waals surface area contributed by atoms with Gasteiger partial charge in [-0.1, -0.05) is 15.9 Å². The Morgan fingerprint density at radius 1 is 1.25 bits per heavy atom. The molecule has 1 amide bonds. The van der Waals surface area contributed by atoms with Crippen molar-refractivity contribution in [2.24, 2.45) is 0 Å². The molecule has 0 saturated heterocycles. The summed E-state index contributed by atoms with van der Waals surface area (Å²) in [7, 11) is 1.60. The number of rotatable bonds is 6. The normalized spacial score (nSPS) is 10.8. The first-order valence-corrected chi connectivity index (χ1v) is 8.24. The highest BCUT2D eigenvalue weighted by Gasteiger charge is 2.19.